The number of aromatic nitrogens is 2. The van der Waals surface area contributed by atoms with Crippen LogP contribution in [-0.2, 0) is 11.3 Å². The lowest BCUT2D eigenvalue weighted by atomic mass is 10.1. The second-order valence-corrected chi connectivity index (χ2v) is 6.78. The Morgan fingerprint density at radius 3 is 2.42 bits per heavy atom. The first-order chi connectivity index (χ1) is 12.4. The van der Waals surface area contributed by atoms with E-state index in [4.69, 9.17) is 5.11 Å². The molecule has 1 atom stereocenters. The van der Waals surface area contributed by atoms with Crippen LogP contribution in [0.5, 0.6) is 0 Å². The molecule has 1 saturated heterocycles. The highest BCUT2D eigenvalue weighted by Crippen LogP contribution is 2.13. The summed E-state index contributed by atoms with van der Waals surface area (Å²) in [6, 6.07) is 7.73. The Bertz CT molecular complexity index is 776. The quantitative estimate of drug-likeness (QED) is 0.884. The van der Waals surface area contributed by atoms with Crippen LogP contribution in [0, 0.1) is 6.92 Å². The first-order valence-corrected chi connectivity index (χ1v) is 8.78. The van der Waals surface area contributed by atoms with Gasteiger partial charge in [0, 0.05) is 38.9 Å². The number of carbonyl (C=O) groups is 2. The number of rotatable bonds is 5. The number of nitrogens with zero attached hydrogens (tertiary/aromatic N) is 4. The molecule has 138 valence electrons. The van der Waals surface area contributed by atoms with E-state index in [1.165, 1.54) is 35.1 Å². The SMILES string of the molecule is Cc1ccc(CN2CCN(C(=O)c3cnn(C(C)C(=O)O)c3)CC2)cc1. The number of piperazine rings is 1. The minimum atomic E-state index is -0.975. The molecule has 1 N–H and O–H groups in total. The van der Waals surface area contributed by atoms with Crippen LogP contribution < -0.4 is 0 Å². The van der Waals surface area contributed by atoms with Crippen LogP contribution in [0.4, 0.5) is 0 Å². The van der Waals surface area contributed by atoms with Crippen molar-refractivity contribution in [3.05, 3.63) is 53.3 Å². The number of carbonyl (C=O) groups excluding carboxylic acids is 1. The van der Waals surface area contributed by atoms with Crippen molar-refractivity contribution >= 4 is 11.9 Å². The van der Waals surface area contributed by atoms with Crippen LogP contribution in [0.1, 0.15) is 34.5 Å². The lowest BCUT2D eigenvalue weighted by Gasteiger charge is -2.34. The smallest absolute Gasteiger partial charge is 0.328 e. The van der Waals surface area contributed by atoms with Gasteiger partial charge in [0.15, 0.2) is 0 Å². The van der Waals surface area contributed by atoms with Crippen molar-refractivity contribution in [3.8, 4) is 0 Å². The Balaban J connectivity index is 1.55. The Hall–Kier alpha value is -2.67. The van der Waals surface area contributed by atoms with Gasteiger partial charge in [0.1, 0.15) is 6.04 Å². The van der Waals surface area contributed by atoms with Gasteiger partial charge in [-0.15, -0.1) is 0 Å². The number of hydrogen-bond donors (Lipinski definition) is 1. The predicted octanol–water partition coefficient (Wildman–Crippen LogP) is 1.80. The molecule has 1 aromatic carbocycles. The standard InChI is InChI=1S/C19H24N4O3/c1-14-3-5-16(6-4-14)12-21-7-9-22(10-8-21)18(24)17-11-20-23(13-17)15(2)19(25)26/h3-6,11,13,15H,7-10,12H2,1-2H3,(H,25,26). The van der Waals surface area contributed by atoms with Crippen LogP contribution in [-0.4, -0.2) is 62.7 Å². The lowest BCUT2D eigenvalue weighted by Crippen LogP contribution is -2.48. The first kappa shape index (κ1) is 18.1. The summed E-state index contributed by atoms with van der Waals surface area (Å²) in [5.41, 5.74) is 2.96. The second-order valence-electron chi connectivity index (χ2n) is 6.78. The molecule has 7 heteroatoms. The number of carboxylic acid groups (broad SMARTS) is 1. The summed E-state index contributed by atoms with van der Waals surface area (Å²) in [7, 11) is 0. The van der Waals surface area contributed by atoms with Crippen LogP contribution in [0.3, 0.4) is 0 Å². The average Bonchev–Trinajstić information content (AvgIpc) is 3.13. The summed E-state index contributed by atoms with van der Waals surface area (Å²) >= 11 is 0. The Morgan fingerprint density at radius 1 is 1.15 bits per heavy atom. The van der Waals surface area contributed by atoms with Gasteiger partial charge in [-0.3, -0.25) is 14.4 Å². The van der Waals surface area contributed by atoms with Gasteiger partial charge >= 0.3 is 5.97 Å². The Labute approximate surface area is 152 Å². The molecule has 2 heterocycles. The van der Waals surface area contributed by atoms with E-state index in [0.29, 0.717) is 18.7 Å². The van der Waals surface area contributed by atoms with Gasteiger partial charge in [-0.05, 0) is 19.4 Å². The normalized spacial score (nSPS) is 16.5. The van der Waals surface area contributed by atoms with Crippen molar-refractivity contribution < 1.29 is 14.7 Å². The molecule has 3 rings (SSSR count). The summed E-state index contributed by atoms with van der Waals surface area (Å²) in [6.45, 7) is 7.45. The molecule has 7 nitrogen and oxygen atoms in total. The van der Waals surface area contributed by atoms with E-state index in [1.54, 1.807) is 4.90 Å². The first-order valence-electron chi connectivity index (χ1n) is 8.78. The van der Waals surface area contributed by atoms with Gasteiger partial charge in [0.2, 0.25) is 0 Å². The molecule has 0 aliphatic carbocycles. The number of aliphatic carboxylic acids is 1. The fourth-order valence-electron chi connectivity index (χ4n) is 3.02. The molecule has 1 aromatic heterocycles. The summed E-state index contributed by atoms with van der Waals surface area (Å²) in [5.74, 6) is -1.07. The predicted molar refractivity (Wildman–Crippen MR) is 96.9 cm³/mol. The van der Waals surface area contributed by atoms with Crippen molar-refractivity contribution in [3.63, 3.8) is 0 Å². The molecule has 1 fully saturated rings. The van der Waals surface area contributed by atoms with Crippen molar-refractivity contribution in [2.75, 3.05) is 26.2 Å². The van der Waals surface area contributed by atoms with Gasteiger partial charge in [-0.1, -0.05) is 29.8 Å². The van der Waals surface area contributed by atoms with Gasteiger partial charge in [-0.2, -0.15) is 5.10 Å². The molecule has 1 amide bonds. The van der Waals surface area contributed by atoms with Crippen molar-refractivity contribution in [2.45, 2.75) is 26.4 Å². The van der Waals surface area contributed by atoms with Crippen molar-refractivity contribution in [1.29, 1.82) is 0 Å². The fourth-order valence-corrected chi connectivity index (χ4v) is 3.02. The summed E-state index contributed by atoms with van der Waals surface area (Å²) in [5, 5.41) is 13.0. The zero-order valence-electron chi connectivity index (χ0n) is 15.1. The third kappa shape index (κ3) is 4.11. The van der Waals surface area contributed by atoms with Gasteiger partial charge in [0.05, 0.1) is 11.8 Å². The second kappa shape index (κ2) is 7.70. The maximum Gasteiger partial charge on any atom is 0.328 e. The van der Waals surface area contributed by atoms with Gasteiger partial charge in [0.25, 0.3) is 5.91 Å². The molecule has 0 saturated carbocycles. The molecule has 0 bridgehead atoms. The zero-order chi connectivity index (χ0) is 18.7. The monoisotopic (exact) mass is 356 g/mol. The van der Waals surface area contributed by atoms with E-state index in [0.717, 1.165) is 19.6 Å². The van der Waals surface area contributed by atoms with Crippen LogP contribution in [0.2, 0.25) is 0 Å². The molecule has 26 heavy (non-hydrogen) atoms. The Kier molecular flexibility index (Phi) is 5.37. The molecule has 0 spiro atoms. The average molecular weight is 356 g/mol. The summed E-state index contributed by atoms with van der Waals surface area (Å²) in [6.07, 6.45) is 2.96. The number of amides is 1. The zero-order valence-corrected chi connectivity index (χ0v) is 15.1. The van der Waals surface area contributed by atoms with E-state index in [2.05, 4.69) is 41.2 Å². The summed E-state index contributed by atoms with van der Waals surface area (Å²) < 4.78 is 1.31. The maximum atomic E-state index is 12.6. The molecular weight excluding hydrogens is 332 g/mol. The molecule has 0 radical (unpaired) electrons. The van der Waals surface area contributed by atoms with Crippen LogP contribution in [0.25, 0.3) is 0 Å². The highest BCUT2D eigenvalue weighted by Gasteiger charge is 2.24. The van der Waals surface area contributed by atoms with E-state index >= 15 is 0 Å². The fraction of sp³-hybridized carbons (Fsp3) is 0.421. The molecule has 1 unspecified atom stereocenters. The number of carboxylic acids is 1. The molecular formula is C19H24N4O3. The van der Waals surface area contributed by atoms with Gasteiger partial charge in [-0.25, -0.2) is 4.79 Å². The van der Waals surface area contributed by atoms with E-state index in [-0.39, 0.29) is 5.91 Å². The third-order valence-corrected chi connectivity index (χ3v) is 4.79. The van der Waals surface area contributed by atoms with E-state index < -0.39 is 12.0 Å². The highest BCUT2D eigenvalue weighted by atomic mass is 16.4. The van der Waals surface area contributed by atoms with E-state index in [9.17, 15) is 9.59 Å². The molecule has 1 aliphatic heterocycles. The minimum absolute atomic E-state index is 0.0937. The number of hydrogen-bond acceptors (Lipinski definition) is 4. The molecule has 1 aliphatic rings. The lowest BCUT2D eigenvalue weighted by molar-refractivity contribution is -0.140. The topological polar surface area (TPSA) is 78.7 Å². The van der Waals surface area contributed by atoms with Gasteiger partial charge < -0.3 is 10.0 Å². The van der Waals surface area contributed by atoms with Crippen molar-refractivity contribution in [2.24, 2.45) is 0 Å². The van der Waals surface area contributed by atoms with Crippen molar-refractivity contribution in [1.82, 2.24) is 19.6 Å². The summed E-state index contributed by atoms with van der Waals surface area (Å²) in [4.78, 5) is 27.8. The molecule has 2 aromatic rings. The minimum Gasteiger partial charge on any atom is -0.480 e. The maximum absolute atomic E-state index is 12.6. The highest BCUT2D eigenvalue weighted by molar-refractivity contribution is 5.93. The third-order valence-electron chi connectivity index (χ3n) is 4.79. The van der Waals surface area contributed by atoms with Crippen LogP contribution in [0.15, 0.2) is 36.7 Å². The number of aryl methyl sites for hydroxylation is 1. The largest absolute Gasteiger partial charge is 0.480 e. The number of benzene rings is 1. The van der Waals surface area contributed by atoms with Crippen LogP contribution >= 0.6 is 0 Å². The van der Waals surface area contributed by atoms with E-state index in [1.807, 2.05) is 0 Å². The Morgan fingerprint density at radius 2 is 1.81 bits per heavy atom.